The first-order chi connectivity index (χ1) is 9.15. The molecule has 3 rings (SSSR count). The molecule has 0 aromatic carbocycles. The van der Waals surface area contributed by atoms with Crippen molar-refractivity contribution in [2.45, 2.75) is 51.0 Å². The molecule has 2 aliphatic rings. The average molecular weight is 264 g/mol. The Morgan fingerprint density at radius 3 is 2.79 bits per heavy atom. The van der Waals surface area contributed by atoms with Crippen molar-refractivity contribution < 1.29 is 14.3 Å². The molecule has 4 nitrogen and oxygen atoms in total. The van der Waals surface area contributed by atoms with Gasteiger partial charge in [-0.25, -0.2) is 4.79 Å². The van der Waals surface area contributed by atoms with E-state index in [0.717, 1.165) is 44.8 Å². The predicted octanol–water partition coefficient (Wildman–Crippen LogP) is 2.63. The third-order valence-electron chi connectivity index (χ3n) is 4.25. The van der Waals surface area contributed by atoms with Crippen LogP contribution in [0.4, 0.5) is 0 Å². The van der Waals surface area contributed by atoms with Gasteiger partial charge in [0.2, 0.25) is 0 Å². The van der Waals surface area contributed by atoms with Crippen LogP contribution in [-0.4, -0.2) is 17.8 Å². The second-order valence-electron chi connectivity index (χ2n) is 5.97. The molecule has 0 radical (unpaired) electrons. The molecule has 104 valence electrons. The summed E-state index contributed by atoms with van der Waals surface area (Å²) in [6.45, 7) is 0.877. The van der Waals surface area contributed by atoms with Gasteiger partial charge in [-0.15, -0.1) is 0 Å². The fourth-order valence-electron chi connectivity index (χ4n) is 3.05. The Morgan fingerprint density at radius 2 is 2.16 bits per heavy atom. The first kappa shape index (κ1) is 12.7. The smallest absolute Gasteiger partial charge is 0.339 e. The van der Waals surface area contributed by atoms with E-state index in [1.807, 2.05) is 0 Å². The van der Waals surface area contributed by atoms with Crippen LogP contribution in [0, 0.1) is 5.41 Å². The molecule has 1 N–H and O–H groups in total. The number of ether oxygens (including phenoxy) is 1. The lowest BCUT2D eigenvalue weighted by molar-refractivity contribution is -0.00186. The highest BCUT2D eigenvalue weighted by Crippen LogP contribution is 2.53. The van der Waals surface area contributed by atoms with E-state index in [1.165, 1.54) is 12.8 Å². The van der Waals surface area contributed by atoms with E-state index in [1.54, 1.807) is 6.07 Å². The van der Waals surface area contributed by atoms with Crippen LogP contribution in [0.25, 0.3) is 0 Å². The van der Waals surface area contributed by atoms with E-state index in [4.69, 9.17) is 9.15 Å². The minimum Gasteiger partial charge on any atom is -0.508 e. The Balaban J connectivity index is 1.66. The lowest BCUT2D eigenvalue weighted by atomic mass is 9.90. The monoisotopic (exact) mass is 264 g/mol. The van der Waals surface area contributed by atoms with Gasteiger partial charge in [-0.05, 0) is 43.9 Å². The van der Waals surface area contributed by atoms with Crippen LogP contribution in [0.2, 0.25) is 0 Å². The van der Waals surface area contributed by atoms with Gasteiger partial charge in [0, 0.05) is 19.1 Å². The Kier molecular flexibility index (Phi) is 3.35. The summed E-state index contributed by atoms with van der Waals surface area (Å²) in [5.41, 5.74) is -0.245. The normalized spacial score (nSPS) is 25.2. The van der Waals surface area contributed by atoms with Gasteiger partial charge in [-0.3, -0.25) is 0 Å². The zero-order valence-corrected chi connectivity index (χ0v) is 11.1. The summed E-state index contributed by atoms with van der Waals surface area (Å²) < 4.78 is 11.0. The Hall–Kier alpha value is -1.29. The van der Waals surface area contributed by atoms with Crippen LogP contribution in [0.1, 0.15) is 44.3 Å². The lowest BCUT2D eigenvalue weighted by Gasteiger charge is -2.26. The first-order valence-electron chi connectivity index (χ1n) is 7.10. The van der Waals surface area contributed by atoms with Crippen molar-refractivity contribution in [2.24, 2.45) is 5.41 Å². The van der Waals surface area contributed by atoms with Gasteiger partial charge in [-0.1, -0.05) is 0 Å². The van der Waals surface area contributed by atoms with Gasteiger partial charge in [0.15, 0.2) is 0 Å². The summed E-state index contributed by atoms with van der Waals surface area (Å²) in [5.74, 6) is 0.592. The van der Waals surface area contributed by atoms with Crippen molar-refractivity contribution >= 4 is 0 Å². The molecule has 1 atom stereocenters. The van der Waals surface area contributed by atoms with E-state index >= 15 is 0 Å². The van der Waals surface area contributed by atoms with E-state index in [0.29, 0.717) is 11.9 Å². The maximum Gasteiger partial charge on any atom is 0.339 e. The molecule has 0 amide bonds. The molecule has 2 fully saturated rings. The standard InChI is InChI=1S/C15H20O4/c16-11-7-13(19-14(17)8-11)10-15(4-5-15)9-12-3-1-2-6-18-12/h7-8,12,16H,1-6,9-10H2. The third-order valence-corrected chi connectivity index (χ3v) is 4.25. The molecule has 0 spiro atoms. The second kappa shape index (κ2) is 5.00. The Bertz CT molecular complexity index is 495. The van der Waals surface area contributed by atoms with Gasteiger partial charge in [-0.2, -0.15) is 0 Å². The highest BCUT2D eigenvalue weighted by Gasteiger charge is 2.45. The summed E-state index contributed by atoms with van der Waals surface area (Å²) in [5, 5.41) is 9.45. The third kappa shape index (κ3) is 3.18. The van der Waals surface area contributed by atoms with Crippen molar-refractivity contribution in [3.63, 3.8) is 0 Å². The number of rotatable bonds is 4. The van der Waals surface area contributed by atoms with Crippen molar-refractivity contribution in [2.75, 3.05) is 6.61 Å². The molecule has 2 heterocycles. The molecule has 1 unspecified atom stereocenters. The Labute approximate surface area is 112 Å². The molecular weight excluding hydrogens is 244 g/mol. The largest absolute Gasteiger partial charge is 0.508 e. The lowest BCUT2D eigenvalue weighted by Crippen LogP contribution is -2.24. The summed E-state index contributed by atoms with van der Waals surface area (Å²) in [6, 6.07) is 2.66. The minimum absolute atomic E-state index is 0.00373. The maximum absolute atomic E-state index is 11.3. The van der Waals surface area contributed by atoms with Crippen molar-refractivity contribution in [1.29, 1.82) is 0 Å². The molecule has 4 heteroatoms. The summed E-state index contributed by atoms with van der Waals surface area (Å²) in [4.78, 5) is 11.3. The van der Waals surface area contributed by atoms with Crippen LogP contribution < -0.4 is 5.63 Å². The van der Waals surface area contributed by atoms with Crippen molar-refractivity contribution in [1.82, 2.24) is 0 Å². The number of hydrogen-bond acceptors (Lipinski definition) is 4. The molecule has 0 bridgehead atoms. The van der Waals surface area contributed by atoms with E-state index in [-0.39, 0.29) is 11.2 Å². The van der Waals surface area contributed by atoms with Crippen LogP contribution in [0.5, 0.6) is 5.75 Å². The highest BCUT2D eigenvalue weighted by molar-refractivity contribution is 5.20. The van der Waals surface area contributed by atoms with Crippen LogP contribution in [0.3, 0.4) is 0 Å². The van der Waals surface area contributed by atoms with Crippen LogP contribution in [-0.2, 0) is 11.2 Å². The summed E-state index contributed by atoms with van der Waals surface area (Å²) in [6.07, 6.45) is 8.03. The second-order valence-corrected chi connectivity index (χ2v) is 5.97. The molecule has 1 aromatic rings. The molecule has 1 aliphatic heterocycles. The fraction of sp³-hybridized carbons (Fsp3) is 0.667. The molecule has 19 heavy (non-hydrogen) atoms. The van der Waals surface area contributed by atoms with Crippen molar-refractivity contribution in [3.8, 4) is 5.75 Å². The summed E-state index contributed by atoms with van der Waals surface area (Å²) in [7, 11) is 0. The summed E-state index contributed by atoms with van der Waals surface area (Å²) >= 11 is 0. The highest BCUT2D eigenvalue weighted by atomic mass is 16.5. The first-order valence-corrected chi connectivity index (χ1v) is 7.10. The molecule has 1 saturated carbocycles. The van der Waals surface area contributed by atoms with Crippen molar-refractivity contribution in [3.05, 3.63) is 28.3 Å². The number of aromatic hydroxyl groups is 1. The van der Waals surface area contributed by atoms with Crippen LogP contribution >= 0.6 is 0 Å². The topological polar surface area (TPSA) is 59.7 Å². The molecular formula is C15H20O4. The quantitative estimate of drug-likeness (QED) is 0.908. The van der Waals surface area contributed by atoms with Gasteiger partial charge in [0.1, 0.15) is 11.5 Å². The zero-order chi connectivity index (χ0) is 13.3. The van der Waals surface area contributed by atoms with Gasteiger partial charge >= 0.3 is 5.63 Å². The minimum atomic E-state index is -0.472. The van der Waals surface area contributed by atoms with Gasteiger partial charge in [0.25, 0.3) is 0 Å². The van der Waals surface area contributed by atoms with Gasteiger partial charge in [0.05, 0.1) is 12.2 Å². The molecule has 1 aliphatic carbocycles. The maximum atomic E-state index is 11.3. The molecule has 1 aromatic heterocycles. The fourth-order valence-corrected chi connectivity index (χ4v) is 3.05. The predicted molar refractivity (Wildman–Crippen MR) is 70.2 cm³/mol. The van der Waals surface area contributed by atoms with Gasteiger partial charge < -0.3 is 14.3 Å². The SMILES string of the molecule is O=c1cc(O)cc(CC2(CC3CCCCO3)CC2)o1. The van der Waals surface area contributed by atoms with E-state index in [2.05, 4.69) is 0 Å². The van der Waals surface area contributed by atoms with E-state index < -0.39 is 5.63 Å². The number of hydrogen-bond donors (Lipinski definition) is 1. The molecule has 1 saturated heterocycles. The van der Waals surface area contributed by atoms with E-state index in [9.17, 15) is 9.90 Å². The van der Waals surface area contributed by atoms with Crippen LogP contribution in [0.15, 0.2) is 21.3 Å². The zero-order valence-electron chi connectivity index (χ0n) is 11.1. The average Bonchev–Trinajstić information content (AvgIpc) is 3.08. The Morgan fingerprint density at radius 1 is 1.32 bits per heavy atom.